The summed E-state index contributed by atoms with van der Waals surface area (Å²) in [4.78, 5) is 30.0. The maximum atomic E-state index is 7.29. The van der Waals surface area contributed by atoms with E-state index in [2.05, 4.69) is 225 Å². The smallest absolute Gasteiger partial charge is 0.164 e. The molecule has 0 saturated heterocycles. The highest BCUT2D eigenvalue weighted by molar-refractivity contribution is 5.81. The fraction of sp³-hybridized carbons (Fsp3) is 0.175. The minimum atomic E-state index is -0.345. The van der Waals surface area contributed by atoms with Crippen molar-refractivity contribution in [2.24, 2.45) is 0 Å². The Kier molecular flexibility index (Phi) is 12.4. The van der Waals surface area contributed by atoms with Gasteiger partial charge >= 0.3 is 0 Å². The molecule has 0 bridgehead atoms. The lowest BCUT2D eigenvalue weighted by atomic mass is 9.72. The number of aromatic nitrogens is 6. The van der Waals surface area contributed by atoms with E-state index in [1.54, 1.807) is 0 Å². The molecular weight excluding hydrogens is 857 g/mol. The summed E-state index contributed by atoms with van der Waals surface area (Å²) in [5.41, 5.74) is 16.6. The van der Waals surface area contributed by atoms with E-state index in [1.807, 2.05) is 0 Å². The van der Waals surface area contributed by atoms with E-state index in [1.165, 1.54) is 27.8 Å². The SMILES string of the molecule is CC/C=C1\C(=C(/CC)c2ccc(-c3nc(-c4ccc(C)cc4)nc(-c4ccc(C)cc4)n3)cc2)Oc2c(-c3ccc(-c4nc(-c5ccc(C)cc5)nc(-c5ccc(C)cc5)n4)cc3)cccc2C1(C)C. The van der Waals surface area contributed by atoms with Crippen molar-refractivity contribution in [1.82, 2.24) is 29.9 Å². The number of fused-ring (bicyclic) bond motifs is 1. The summed E-state index contributed by atoms with van der Waals surface area (Å²) in [5, 5.41) is 0. The first-order valence-electron chi connectivity index (χ1n) is 24.2. The number of nitrogens with zero attached hydrogens (tertiary/aromatic N) is 6. The van der Waals surface area contributed by atoms with Crippen LogP contribution in [0, 0.1) is 27.7 Å². The second kappa shape index (κ2) is 19.1. The van der Waals surface area contributed by atoms with Gasteiger partial charge in [0.15, 0.2) is 34.9 Å². The largest absolute Gasteiger partial charge is 0.456 e. The van der Waals surface area contributed by atoms with Crippen LogP contribution in [-0.4, -0.2) is 29.9 Å². The minimum absolute atomic E-state index is 0.345. The van der Waals surface area contributed by atoms with Crippen molar-refractivity contribution in [1.29, 1.82) is 0 Å². The topological polar surface area (TPSA) is 86.6 Å². The highest BCUT2D eigenvalue weighted by atomic mass is 16.5. The second-order valence-corrected chi connectivity index (χ2v) is 18.8. The molecule has 7 nitrogen and oxygen atoms in total. The third kappa shape index (κ3) is 9.11. The zero-order chi connectivity index (χ0) is 48.5. The third-order valence-electron chi connectivity index (χ3n) is 13.3. The van der Waals surface area contributed by atoms with Crippen molar-refractivity contribution < 1.29 is 4.74 Å². The Morgan fingerprint density at radius 2 is 0.757 bits per heavy atom. The number of ether oxygens (including phenoxy) is 1. The molecular formula is C63H56N6O. The highest BCUT2D eigenvalue weighted by Gasteiger charge is 2.39. The van der Waals surface area contributed by atoms with Gasteiger partial charge in [0.1, 0.15) is 11.5 Å². The van der Waals surface area contributed by atoms with Crippen molar-refractivity contribution >= 4 is 5.57 Å². The molecule has 70 heavy (non-hydrogen) atoms. The molecule has 0 unspecified atom stereocenters. The third-order valence-corrected chi connectivity index (χ3v) is 13.3. The summed E-state index contributed by atoms with van der Waals surface area (Å²) >= 11 is 0. The molecule has 2 aromatic heterocycles. The van der Waals surface area contributed by atoms with Gasteiger partial charge in [0.2, 0.25) is 0 Å². The van der Waals surface area contributed by atoms with Gasteiger partial charge < -0.3 is 4.74 Å². The van der Waals surface area contributed by atoms with Crippen molar-refractivity contribution in [3.8, 4) is 85.2 Å². The summed E-state index contributed by atoms with van der Waals surface area (Å²) in [6.45, 7) is 17.4. The molecule has 0 saturated carbocycles. The second-order valence-electron chi connectivity index (χ2n) is 18.8. The summed E-state index contributed by atoms with van der Waals surface area (Å²) in [6.07, 6.45) is 3.97. The van der Waals surface area contributed by atoms with Gasteiger partial charge in [-0.1, -0.05) is 220 Å². The maximum Gasteiger partial charge on any atom is 0.164 e. The molecule has 7 heteroatoms. The van der Waals surface area contributed by atoms with E-state index in [-0.39, 0.29) is 5.41 Å². The van der Waals surface area contributed by atoms with Crippen LogP contribution in [0.2, 0.25) is 0 Å². The Morgan fingerprint density at radius 1 is 0.429 bits per heavy atom. The standard InChI is InChI=1S/C63H56N6O/c1-9-12-53-55(51(10-2)43-31-35-49(36-32-43)61-66-57(45-23-15-39(3)16-24-45)64-58(67-61)46-25-17-40(4)18-26-46)70-56-52(13-11-14-54(56)63(53,7)8)44-33-37-50(38-34-44)62-68-59(47-27-19-41(5)20-28-47)65-60(69-62)48-29-21-42(6)22-30-48/h11-38H,9-10H2,1-8H3/b53-12+,55-51-. The number of benzene rings is 7. The van der Waals surface area contributed by atoms with Gasteiger partial charge in [-0.15, -0.1) is 0 Å². The predicted octanol–water partition coefficient (Wildman–Crippen LogP) is 15.8. The number of aryl methyl sites for hydroxylation is 4. The van der Waals surface area contributed by atoms with Crippen LogP contribution in [-0.2, 0) is 5.41 Å². The van der Waals surface area contributed by atoms with Crippen LogP contribution in [0.5, 0.6) is 5.75 Å². The van der Waals surface area contributed by atoms with Crippen molar-refractivity contribution in [2.75, 3.05) is 0 Å². The first-order valence-corrected chi connectivity index (χ1v) is 24.2. The molecule has 0 N–H and O–H groups in total. The van der Waals surface area contributed by atoms with Crippen LogP contribution < -0.4 is 4.74 Å². The molecule has 7 aromatic carbocycles. The van der Waals surface area contributed by atoms with Crippen LogP contribution in [0.25, 0.3) is 85.0 Å². The van der Waals surface area contributed by atoms with Gasteiger partial charge in [-0.25, -0.2) is 29.9 Å². The monoisotopic (exact) mass is 912 g/mol. The zero-order valence-corrected chi connectivity index (χ0v) is 41.2. The first kappa shape index (κ1) is 45.6. The van der Waals surface area contributed by atoms with Gasteiger partial charge in [-0.05, 0) is 51.7 Å². The first-order chi connectivity index (χ1) is 33.9. The van der Waals surface area contributed by atoms with Crippen molar-refractivity contribution in [3.63, 3.8) is 0 Å². The normalized spacial score (nSPS) is 14.3. The molecule has 0 spiro atoms. The molecule has 0 amide bonds. The van der Waals surface area contributed by atoms with E-state index in [0.717, 1.165) is 85.6 Å². The van der Waals surface area contributed by atoms with Crippen LogP contribution >= 0.6 is 0 Å². The molecule has 0 fully saturated rings. The van der Waals surface area contributed by atoms with Gasteiger partial charge in [0, 0.05) is 61.1 Å². The summed E-state index contributed by atoms with van der Waals surface area (Å²) in [6, 6.07) is 56.9. The number of hydrogen-bond acceptors (Lipinski definition) is 7. The Morgan fingerprint density at radius 3 is 1.10 bits per heavy atom. The van der Waals surface area contributed by atoms with E-state index in [9.17, 15) is 0 Å². The molecule has 10 rings (SSSR count). The highest BCUT2D eigenvalue weighted by Crippen LogP contribution is 2.52. The summed E-state index contributed by atoms with van der Waals surface area (Å²) in [7, 11) is 0. The Labute approximate surface area is 411 Å². The minimum Gasteiger partial charge on any atom is -0.456 e. The molecule has 1 aliphatic rings. The van der Waals surface area contributed by atoms with Gasteiger partial charge in [-0.2, -0.15) is 0 Å². The van der Waals surface area contributed by atoms with Crippen LogP contribution in [0.1, 0.15) is 73.9 Å². The number of hydrogen-bond donors (Lipinski definition) is 0. The molecule has 0 radical (unpaired) electrons. The van der Waals surface area contributed by atoms with E-state index in [0.29, 0.717) is 34.9 Å². The van der Waals surface area contributed by atoms with Crippen molar-refractivity contribution in [3.05, 3.63) is 215 Å². The maximum absolute atomic E-state index is 7.29. The number of allylic oxidation sites excluding steroid dienone is 3. The van der Waals surface area contributed by atoms with Gasteiger partial charge in [-0.3, -0.25) is 0 Å². The lowest BCUT2D eigenvalue weighted by Gasteiger charge is -2.39. The summed E-state index contributed by atoms with van der Waals surface area (Å²) < 4.78 is 7.29. The molecule has 0 aliphatic carbocycles. The average Bonchev–Trinajstić information content (AvgIpc) is 3.38. The number of rotatable bonds is 10. The Hall–Kier alpha value is -8.16. The van der Waals surface area contributed by atoms with E-state index < -0.39 is 0 Å². The van der Waals surface area contributed by atoms with Gasteiger partial charge in [0.25, 0.3) is 0 Å². The van der Waals surface area contributed by atoms with E-state index in [4.69, 9.17) is 34.6 Å². The van der Waals surface area contributed by atoms with Crippen LogP contribution in [0.4, 0.5) is 0 Å². The molecule has 1 aliphatic heterocycles. The fourth-order valence-electron chi connectivity index (χ4n) is 9.18. The van der Waals surface area contributed by atoms with Gasteiger partial charge in [0.05, 0.1) is 0 Å². The Bertz CT molecular complexity index is 3300. The average molecular weight is 913 g/mol. The predicted molar refractivity (Wildman–Crippen MR) is 286 cm³/mol. The van der Waals surface area contributed by atoms with Crippen molar-refractivity contribution in [2.45, 2.75) is 73.6 Å². The van der Waals surface area contributed by atoms with Crippen LogP contribution in [0.3, 0.4) is 0 Å². The lowest BCUT2D eigenvalue weighted by Crippen LogP contribution is -2.30. The zero-order valence-electron chi connectivity index (χ0n) is 41.2. The fourth-order valence-corrected chi connectivity index (χ4v) is 9.18. The lowest BCUT2D eigenvalue weighted by molar-refractivity contribution is 0.374. The molecule has 344 valence electrons. The Balaban J connectivity index is 1.02. The van der Waals surface area contributed by atoms with Crippen LogP contribution in [0.15, 0.2) is 181 Å². The quantitative estimate of drug-likeness (QED) is 0.135. The molecule has 9 aromatic rings. The van der Waals surface area contributed by atoms with E-state index >= 15 is 0 Å². The number of para-hydroxylation sites is 1. The molecule has 0 atom stereocenters. The molecule has 3 heterocycles. The summed E-state index contributed by atoms with van der Waals surface area (Å²) in [5.74, 6) is 5.57.